The second-order valence-electron chi connectivity index (χ2n) is 5.65. The summed E-state index contributed by atoms with van der Waals surface area (Å²) in [6.07, 6.45) is 7.94. The molecule has 0 aliphatic heterocycles. The maximum Gasteiger partial charge on any atom is 0.122 e. The van der Waals surface area contributed by atoms with Gasteiger partial charge in [0.1, 0.15) is 5.75 Å². The Kier molecular flexibility index (Phi) is 4.94. The molecule has 19 heavy (non-hydrogen) atoms. The van der Waals surface area contributed by atoms with Crippen LogP contribution >= 0.6 is 0 Å². The summed E-state index contributed by atoms with van der Waals surface area (Å²) in [5, 5.41) is 3.60. The Morgan fingerprint density at radius 1 is 1.21 bits per heavy atom. The van der Waals surface area contributed by atoms with Crippen LogP contribution in [0.25, 0.3) is 0 Å². The van der Waals surface area contributed by atoms with Gasteiger partial charge in [-0.05, 0) is 37.7 Å². The van der Waals surface area contributed by atoms with Gasteiger partial charge in [-0.1, -0.05) is 19.8 Å². The van der Waals surface area contributed by atoms with E-state index in [2.05, 4.69) is 12.2 Å². The first-order valence-electron chi connectivity index (χ1n) is 7.42. The third-order valence-corrected chi connectivity index (χ3v) is 4.08. The Labute approximate surface area is 116 Å². The van der Waals surface area contributed by atoms with E-state index >= 15 is 0 Å². The Morgan fingerprint density at radius 2 is 1.95 bits per heavy atom. The number of anilines is 2. The predicted molar refractivity (Wildman–Crippen MR) is 81.7 cm³/mol. The number of benzene rings is 1. The smallest absolute Gasteiger partial charge is 0.122 e. The lowest BCUT2D eigenvalue weighted by molar-refractivity contribution is 0.319. The highest BCUT2D eigenvalue weighted by molar-refractivity contribution is 5.59. The molecule has 0 bridgehead atoms. The fourth-order valence-corrected chi connectivity index (χ4v) is 3.06. The van der Waals surface area contributed by atoms with Crippen LogP contribution in [-0.2, 0) is 0 Å². The van der Waals surface area contributed by atoms with E-state index in [0.717, 1.165) is 23.0 Å². The summed E-state index contributed by atoms with van der Waals surface area (Å²) >= 11 is 0. The summed E-state index contributed by atoms with van der Waals surface area (Å²) in [7, 11) is 1.68. The number of nitrogens with one attached hydrogen (secondary N) is 1. The zero-order valence-corrected chi connectivity index (χ0v) is 12.1. The Hall–Kier alpha value is -1.38. The van der Waals surface area contributed by atoms with Crippen molar-refractivity contribution in [2.75, 3.05) is 18.2 Å². The van der Waals surface area contributed by atoms with Gasteiger partial charge < -0.3 is 15.8 Å². The van der Waals surface area contributed by atoms with Crippen LogP contribution in [0.1, 0.15) is 45.4 Å². The Morgan fingerprint density at radius 3 is 2.58 bits per heavy atom. The van der Waals surface area contributed by atoms with E-state index in [0.29, 0.717) is 6.04 Å². The molecule has 0 radical (unpaired) electrons. The predicted octanol–water partition coefficient (Wildman–Crippen LogP) is 4.05. The van der Waals surface area contributed by atoms with E-state index in [-0.39, 0.29) is 0 Å². The first-order valence-corrected chi connectivity index (χ1v) is 7.42. The van der Waals surface area contributed by atoms with Crippen molar-refractivity contribution in [3.63, 3.8) is 0 Å². The number of rotatable bonds is 5. The zero-order valence-electron chi connectivity index (χ0n) is 12.1. The van der Waals surface area contributed by atoms with Gasteiger partial charge in [0, 0.05) is 29.5 Å². The molecule has 1 aromatic rings. The first-order chi connectivity index (χ1) is 9.21. The molecule has 1 aromatic carbocycles. The number of ether oxygens (including phenoxy) is 1. The van der Waals surface area contributed by atoms with Gasteiger partial charge in [-0.3, -0.25) is 0 Å². The molecule has 3 heteroatoms. The summed E-state index contributed by atoms with van der Waals surface area (Å²) in [6.45, 7) is 2.28. The van der Waals surface area contributed by atoms with Crippen molar-refractivity contribution >= 4 is 11.4 Å². The Balaban J connectivity index is 1.90. The van der Waals surface area contributed by atoms with E-state index in [1.54, 1.807) is 7.11 Å². The summed E-state index contributed by atoms with van der Waals surface area (Å²) < 4.78 is 5.25. The van der Waals surface area contributed by atoms with Gasteiger partial charge in [-0.15, -0.1) is 0 Å². The van der Waals surface area contributed by atoms with Crippen LogP contribution in [0.3, 0.4) is 0 Å². The van der Waals surface area contributed by atoms with Crippen molar-refractivity contribution in [3.05, 3.63) is 18.2 Å². The molecule has 1 aliphatic rings. The summed E-state index contributed by atoms with van der Waals surface area (Å²) in [6, 6.07) is 6.44. The molecule has 3 N–H and O–H groups in total. The lowest BCUT2D eigenvalue weighted by atomic mass is 9.83. The monoisotopic (exact) mass is 262 g/mol. The second kappa shape index (κ2) is 6.69. The molecule has 2 rings (SSSR count). The lowest BCUT2D eigenvalue weighted by Crippen LogP contribution is -2.26. The van der Waals surface area contributed by atoms with Crippen molar-refractivity contribution < 1.29 is 4.74 Å². The highest BCUT2D eigenvalue weighted by Crippen LogP contribution is 2.30. The maximum atomic E-state index is 5.88. The van der Waals surface area contributed by atoms with Crippen molar-refractivity contribution in [1.29, 1.82) is 0 Å². The van der Waals surface area contributed by atoms with Gasteiger partial charge in [0.15, 0.2) is 0 Å². The number of nitrogens with two attached hydrogens (primary N) is 1. The molecule has 0 aromatic heterocycles. The molecule has 0 saturated heterocycles. The molecule has 0 amide bonds. The second-order valence-corrected chi connectivity index (χ2v) is 5.65. The molecule has 0 heterocycles. The minimum atomic E-state index is 0.583. The van der Waals surface area contributed by atoms with E-state index < -0.39 is 0 Å². The average molecular weight is 262 g/mol. The number of hydrogen-bond donors (Lipinski definition) is 2. The average Bonchev–Trinajstić information content (AvgIpc) is 2.40. The van der Waals surface area contributed by atoms with Gasteiger partial charge in [-0.2, -0.15) is 0 Å². The van der Waals surface area contributed by atoms with Gasteiger partial charge in [0.25, 0.3) is 0 Å². The van der Waals surface area contributed by atoms with E-state index in [1.165, 1.54) is 38.5 Å². The summed E-state index contributed by atoms with van der Waals surface area (Å²) in [5.41, 5.74) is 7.71. The van der Waals surface area contributed by atoms with Crippen molar-refractivity contribution in [3.8, 4) is 5.75 Å². The maximum absolute atomic E-state index is 5.88. The third kappa shape index (κ3) is 4.05. The van der Waals surface area contributed by atoms with Gasteiger partial charge >= 0.3 is 0 Å². The topological polar surface area (TPSA) is 47.3 Å². The van der Waals surface area contributed by atoms with Crippen molar-refractivity contribution in [1.82, 2.24) is 0 Å². The first kappa shape index (κ1) is 14.0. The largest absolute Gasteiger partial charge is 0.497 e. The Bertz CT molecular complexity index is 398. The van der Waals surface area contributed by atoms with Crippen LogP contribution in [0.4, 0.5) is 11.4 Å². The quantitative estimate of drug-likeness (QED) is 0.787. The van der Waals surface area contributed by atoms with Gasteiger partial charge in [0.05, 0.1) is 7.11 Å². The van der Waals surface area contributed by atoms with Crippen LogP contribution in [0.5, 0.6) is 5.75 Å². The van der Waals surface area contributed by atoms with Gasteiger partial charge in [-0.25, -0.2) is 0 Å². The highest BCUT2D eigenvalue weighted by atomic mass is 16.5. The summed E-state index contributed by atoms with van der Waals surface area (Å²) in [4.78, 5) is 0. The van der Waals surface area contributed by atoms with E-state index in [4.69, 9.17) is 10.5 Å². The lowest BCUT2D eigenvalue weighted by Gasteiger charge is -2.29. The van der Waals surface area contributed by atoms with Crippen molar-refractivity contribution in [2.45, 2.75) is 51.5 Å². The highest BCUT2D eigenvalue weighted by Gasteiger charge is 2.20. The molecule has 1 saturated carbocycles. The standard InChI is InChI=1S/C16H26N2O/c1-3-4-12-5-7-14(8-6-12)18-15-9-13(17)10-16(11-15)19-2/h9-12,14,18H,3-8,17H2,1-2H3. The molecule has 1 aliphatic carbocycles. The molecule has 3 nitrogen and oxygen atoms in total. The van der Waals surface area contributed by atoms with Crippen LogP contribution in [0.2, 0.25) is 0 Å². The normalized spacial score (nSPS) is 23.1. The number of methoxy groups -OCH3 is 1. The molecule has 0 spiro atoms. The summed E-state index contributed by atoms with van der Waals surface area (Å²) in [5.74, 6) is 1.76. The van der Waals surface area contributed by atoms with Crippen molar-refractivity contribution in [2.24, 2.45) is 5.92 Å². The third-order valence-electron chi connectivity index (χ3n) is 4.08. The fraction of sp³-hybridized carbons (Fsp3) is 0.625. The van der Waals surface area contributed by atoms with Crippen LogP contribution < -0.4 is 15.8 Å². The SMILES string of the molecule is CCCC1CCC(Nc2cc(N)cc(OC)c2)CC1. The molecule has 1 fully saturated rings. The minimum Gasteiger partial charge on any atom is -0.497 e. The molecular formula is C16H26N2O. The molecule has 0 unspecified atom stereocenters. The van der Waals surface area contributed by atoms with Crippen LogP contribution in [0, 0.1) is 5.92 Å². The number of nitrogen functional groups attached to an aromatic ring is 1. The van der Waals surface area contributed by atoms with E-state index in [1.807, 2.05) is 18.2 Å². The molecule has 0 atom stereocenters. The van der Waals surface area contributed by atoms with Crippen LogP contribution in [-0.4, -0.2) is 13.2 Å². The van der Waals surface area contributed by atoms with Crippen LogP contribution in [0.15, 0.2) is 18.2 Å². The zero-order chi connectivity index (χ0) is 13.7. The van der Waals surface area contributed by atoms with Gasteiger partial charge in [0.2, 0.25) is 0 Å². The fourth-order valence-electron chi connectivity index (χ4n) is 3.06. The molecule has 106 valence electrons. The molecular weight excluding hydrogens is 236 g/mol. The minimum absolute atomic E-state index is 0.583. The number of hydrogen-bond acceptors (Lipinski definition) is 3. The van der Waals surface area contributed by atoms with E-state index in [9.17, 15) is 0 Å².